The van der Waals surface area contributed by atoms with Crippen LogP contribution < -0.4 is 0 Å². The van der Waals surface area contributed by atoms with E-state index in [1.165, 1.54) is 5.56 Å². The first-order valence-corrected chi connectivity index (χ1v) is 6.33. The summed E-state index contributed by atoms with van der Waals surface area (Å²) in [6, 6.07) is 7.57. The van der Waals surface area contributed by atoms with E-state index >= 15 is 0 Å². The lowest BCUT2D eigenvalue weighted by molar-refractivity contribution is 0.0743. The number of benzene rings is 1. The van der Waals surface area contributed by atoms with E-state index in [9.17, 15) is 4.79 Å². The predicted octanol–water partition coefficient (Wildman–Crippen LogP) is 1.37. The Labute approximate surface area is 115 Å². The third-order valence-electron chi connectivity index (χ3n) is 2.71. The summed E-state index contributed by atoms with van der Waals surface area (Å²) in [5, 5.41) is 8.97. The molecule has 1 aromatic carbocycles. The Morgan fingerprint density at radius 1 is 1.32 bits per heavy atom. The van der Waals surface area contributed by atoms with Gasteiger partial charge in [0.25, 0.3) is 5.91 Å². The first-order chi connectivity index (χ1) is 9.08. The quantitative estimate of drug-likeness (QED) is 0.755. The number of aliphatic hydroxyl groups is 1. The van der Waals surface area contributed by atoms with Crippen LogP contribution in [-0.2, 0) is 6.54 Å². The number of nitrogens with zero attached hydrogens (tertiary/aromatic N) is 2. The van der Waals surface area contributed by atoms with Gasteiger partial charge in [-0.1, -0.05) is 18.2 Å². The first kappa shape index (κ1) is 15.4. The standard InChI is InChI=1S/C15H22N2O2/c1-4-9-17(10-11-18)15(19)14-7-5-13(6-8-14)12-16(2)3/h4-8,18H,1,9-12H2,2-3H3. The minimum atomic E-state index is -0.0784. The van der Waals surface area contributed by atoms with Gasteiger partial charge in [0.15, 0.2) is 0 Å². The summed E-state index contributed by atoms with van der Waals surface area (Å²) < 4.78 is 0. The van der Waals surface area contributed by atoms with Crippen LogP contribution in [0.1, 0.15) is 15.9 Å². The highest BCUT2D eigenvalue weighted by atomic mass is 16.3. The van der Waals surface area contributed by atoms with Crippen molar-refractivity contribution in [1.29, 1.82) is 0 Å². The highest BCUT2D eigenvalue weighted by Crippen LogP contribution is 2.09. The smallest absolute Gasteiger partial charge is 0.254 e. The van der Waals surface area contributed by atoms with Gasteiger partial charge in [0, 0.05) is 25.2 Å². The monoisotopic (exact) mass is 262 g/mol. The summed E-state index contributed by atoms with van der Waals surface area (Å²) in [5.74, 6) is -0.0784. The average Bonchev–Trinajstić information content (AvgIpc) is 2.38. The van der Waals surface area contributed by atoms with Gasteiger partial charge >= 0.3 is 0 Å². The van der Waals surface area contributed by atoms with E-state index in [0.717, 1.165) is 6.54 Å². The normalized spacial score (nSPS) is 10.5. The van der Waals surface area contributed by atoms with Crippen LogP contribution in [-0.4, -0.2) is 54.6 Å². The zero-order valence-corrected chi connectivity index (χ0v) is 11.7. The Balaban J connectivity index is 2.77. The van der Waals surface area contributed by atoms with Crippen molar-refractivity contribution in [2.24, 2.45) is 0 Å². The van der Waals surface area contributed by atoms with Gasteiger partial charge in [-0.05, 0) is 31.8 Å². The molecule has 1 aromatic rings. The fourth-order valence-electron chi connectivity index (χ4n) is 1.85. The molecular weight excluding hydrogens is 240 g/mol. The van der Waals surface area contributed by atoms with E-state index in [1.807, 2.05) is 38.4 Å². The molecule has 0 saturated heterocycles. The van der Waals surface area contributed by atoms with Gasteiger partial charge < -0.3 is 14.9 Å². The SMILES string of the molecule is C=CCN(CCO)C(=O)c1ccc(CN(C)C)cc1. The largest absolute Gasteiger partial charge is 0.395 e. The maximum absolute atomic E-state index is 12.2. The van der Waals surface area contributed by atoms with Crippen molar-refractivity contribution in [2.75, 3.05) is 33.8 Å². The molecule has 4 heteroatoms. The molecule has 0 atom stereocenters. The van der Waals surface area contributed by atoms with Crippen LogP contribution in [0.4, 0.5) is 0 Å². The predicted molar refractivity (Wildman–Crippen MR) is 77.0 cm³/mol. The molecule has 1 rings (SSSR count). The lowest BCUT2D eigenvalue weighted by atomic mass is 10.1. The third-order valence-corrected chi connectivity index (χ3v) is 2.71. The van der Waals surface area contributed by atoms with Crippen LogP contribution >= 0.6 is 0 Å². The van der Waals surface area contributed by atoms with Crippen molar-refractivity contribution in [2.45, 2.75) is 6.54 Å². The number of carbonyl (C=O) groups excluding carboxylic acids is 1. The van der Waals surface area contributed by atoms with Gasteiger partial charge in [0.1, 0.15) is 0 Å². The molecule has 0 fully saturated rings. The molecular formula is C15H22N2O2. The van der Waals surface area contributed by atoms with Gasteiger partial charge in [-0.2, -0.15) is 0 Å². The van der Waals surface area contributed by atoms with Gasteiger partial charge in [0.2, 0.25) is 0 Å². The summed E-state index contributed by atoms with van der Waals surface area (Å²) in [6.07, 6.45) is 1.66. The van der Waals surface area contributed by atoms with Crippen LogP contribution in [0.15, 0.2) is 36.9 Å². The molecule has 0 unspecified atom stereocenters. The second kappa shape index (κ2) is 7.71. The third kappa shape index (κ3) is 4.85. The van der Waals surface area contributed by atoms with E-state index < -0.39 is 0 Å². The van der Waals surface area contributed by atoms with Crippen molar-refractivity contribution in [1.82, 2.24) is 9.80 Å². The van der Waals surface area contributed by atoms with Gasteiger partial charge in [-0.3, -0.25) is 4.79 Å². The van der Waals surface area contributed by atoms with Crippen molar-refractivity contribution >= 4 is 5.91 Å². The molecule has 0 heterocycles. The summed E-state index contributed by atoms with van der Waals surface area (Å²) in [4.78, 5) is 15.9. The number of rotatable bonds is 7. The summed E-state index contributed by atoms with van der Waals surface area (Å²) in [7, 11) is 4.01. The Kier molecular flexibility index (Phi) is 6.25. The second-order valence-electron chi connectivity index (χ2n) is 4.70. The Morgan fingerprint density at radius 2 is 1.95 bits per heavy atom. The van der Waals surface area contributed by atoms with Crippen molar-refractivity contribution in [3.8, 4) is 0 Å². The first-order valence-electron chi connectivity index (χ1n) is 6.33. The molecule has 1 amide bonds. The van der Waals surface area contributed by atoms with Crippen LogP contribution in [0, 0.1) is 0 Å². The van der Waals surface area contributed by atoms with E-state index in [2.05, 4.69) is 11.5 Å². The Bertz CT molecular complexity index is 413. The average molecular weight is 262 g/mol. The van der Waals surface area contributed by atoms with Crippen molar-refractivity contribution < 1.29 is 9.90 Å². The summed E-state index contributed by atoms with van der Waals surface area (Å²) >= 11 is 0. The molecule has 0 bridgehead atoms. The zero-order valence-electron chi connectivity index (χ0n) is 11.7. The summed E-state index contributed by atoms with van der Waals surface area (Å²) in [6.45, 7) is 5.20. The van der Waals surface area contributed by atoms with E-state index in [4.69, 9.17) is 5.11 Å². The van der Waals surface area contributed by atoms with Crippen LogP contribution in [0.3, 0.4) is 0 Å². The van der Waals surface area contributed by atoms with Gasteiger partial charge in [-0.25, -0.2) is 0 Å². The Morgan fingerprint density at radius 3 is 2.42 bits per heavy atom. The topological polar surface area (TPSA) is 43.8 Å². The lowest BCUT2D eigenvalue weighted by Gasteiger charge is -2.20. The molecule has 0 spiro atoms. The molecule has 19 heavy (non-hydrogen) atoms. The van der Waals surface area contributed by atoms with Crippen molar-refractivity contribution in [3.63, 3.8) is 0 Å². The molecule has 104 valence electrons. The highest BCUT2D eigenvalue weighted by molar-refractivity contribution is 5.94. The highest BCUT2D eigenvalue weighted by Gasteiger charge is 2.13. The van der Waals surface area contributed by atoms with Gasteiger partial charge in [-0.15, -0.1) is 6.58 Å². The zero-order chi connectivity index (χ0) is 14.3. The number of amides is 1. The molecule has 0 saturated carbocycles. The van der Waals surface area contributed by atoms with E-state index in [1.54, 1.807) is 11.0 Å². The summed E-state index contributed by atoms with van der Waals surface area (Å²) in [5.41, 5.74) is 1.80. The maximum Gasteiger partial charge on any atom is 0.254 e. The van der Waals surface area contributed by atoms with E-state index in [-0.39, 0.29) is 12.5 Å². The Hall–Kier alpha value is -1.65. The molecule has 0 aliphatic carbocycles. The number of hydrogen-bond acceptors (Lipinski definition) is 3. The van der Waals surface area contributed by atoms with Gasteiger partial charge in [0.05, 0.1) is 6.61 Å². The fraction of sp³-hybridized carbons (Fsp3) is 0.400. The minimum absolute atomic E-state index is 0.0434. The van der Waals surface area contributed by atoms with Crippen LogP contribution in [0.5, 0.6) is 0 Å². The molecule has 1 N–H and O–H groups in total. The minimum Gasteiger partial charge on any atom is -0.395 e. The van der Waals surface area contributed by atoms with Crippen molar-refractivity contribution in [3.05, 3.63) is 48.0 Å². The molecule has 0 aromatic heterocycles. The lowest BCUT2D eigenvalue weighted by Crippen LogP contribution is -2.33. The maximum atomic E-state index is 12.2. The van der Waals surface area contributed by atoms with Crippen LogP contribution in [0.2, 0.25) is 0 Å². The number of aliphatic hydroxyl groups excluding tert-OH is 1. The fourth-order valence-corrected chi connectivity index (χ4v) is 1.85. The second-order valence-corrected chi connectivity index (χ2v) is 4.70. The van der Waals surface area contributed by atoms with Crippen LogP contribution in [0.25, 0.3) is 0 Å². The number of hydrogen-bond donors (Lipinski definition) is 1. The molecule has 0 radical (unpaired) electrons. The molecule has 0 aliphatic rings. The molecule has 4 nitrogen and oxygen atoms in total. The molecule has 0 aliphatic heterocycles. The number of carbonyl (C=O) groups is 1. The van der Waals surface area contributed by atoms with E-state index in [0.29, 0.717) is 18.7 Å².